The summed E-state index contributed by atoms with van der Waals surface area (Å²) in [7, 11) is 0. The molecule has 0 aliphatic carbocycles. The highest BCUT2D eigenvalue weighted by molar-refractivity contribution is 6.31. The van der Waals surface area contributed by atoms with Gasteiger partial charge in [-0.25, -0.2) is 4.99 Å². The molecule has 4 N–H and O–H groups in total. The molecule has 0 bridgehead atoms. The number of hydrogen-bond donors (Lipinski definition) is 2. The van der Waals surface area contributed by atoms with Crippen LogP contribution in [0.4, 0.5) is 24.5 Å². The maximum Gasteiger partial charge on any atom is 0.417 e. The van der Waals surface area contributed by atoms with Crippen LogP contribution in [-0.4, -0.2) is 10.8 Å². The molecule has 1 aromatic heterocycles. The number of benzene rings is 1. The Bertz CT molecular complexity index is 698. The van der Waals surface area contributed by atoms with Crippen molar-refractivity contribution in [3.8, 4) is 0 Å². The Hall–Kier alpha value is -2.28. The molecular weight excluding hydrogens is 305 g/mol. The van der Waals surface area contributed by atoms with Crippen LogP contribution in [0.2, 0.25) is 5.02 Å². The predicted molar refractivity (Wildman–Crippen MR) is 75.5 cm³/mol. The summed E-state index contributed by atoms with van der Waals surface area (Å²) in [6, 6.07) is 6.30. The first-order valence-corrected chi connectivity index (χ1v) is 6.08. The first-order chi connectivity index (χ1) is 9.79. The maximum absolute atomic E-state index is 12.6. The van der Waals surface area contributed by atoms with Crippen LogP contribution in [-0.2, 0) is 6.18 Å². The number of aliphatic imine (C=N–C) groups is 1. The average molecular weight is 315 g/mol. The van der Waals surface area contributed by atoms with E-state index in [-0.39, 0.29) is 17.2 Å². The van der Waals surface area contributed by atoms with E-state index in [1.165, 1.54) is 12.3 Å². The second-order valence-corrected chi connectivity index (χ2v) is 4.51. The molecule has 0 radical (unpaired) electrons. The quantitative estimate of drug-likeness (QED) is 0.659. The third-order valence-corrected chi connectivity index (χ3v) is 2.90. The van der Waals surface area contributed by atoms with Crippen LogP contribution in [0.25, 0.3) is 0 Å². The number of anilines is 1. The minimum atomic E-state index is -4.52. The minimum Gasteiger partial charge on any atom is -0.397 e. The first-order valence-electron chi connectivity index (χ1n) is 5.71. The highest BCUT2D eigenvalue weighted by Crippen LogP contribution is 2.36. The van der Waals surface area contributed by atoms with E-state index in [4.69, 9.17) is 23.1 Å². The second-order valence-electron chi connectivity index (χ2n) is 4.10. The Kier molecular flexibility index (Phi) is 4.04. The fraction of sp³-hybridized carbons (Fsp3) is 0.0769. The molecule has 0 unspecified atom stereocenters. The van der Waals surface area contributed by atoms with Crippen LogP contribution < -0.4 is 11.5 Å². The van der Waals surface area contributed by atoms with E-state index in [0.717, 1.165) is 12.1 Å². The van der Waals surface area contributed by atoms with Crippen LogP contribution >= 0.6 is 11.6 Å². The van der Waals surface area contributed by atoms with E-state index in [0.29, 0.717) is 5.69 Å². The number of amidine groups is 1. The molecule has 0 saturated heterocycles. The Morgan fingerprint density at radius 3 is 2.52 bits per heavy atom. The Labute approximate surface area is 123 Å². The van der Waals surface area contributed by atoms with Gasteiger partial charge in [0.15, 0.2) is 5.84 Å². The van der Waals surface area contributed by atoms with Gasteiger partial charge < -0.3 is 11.5 Å². The lowest BCUT2D eigenvalue weighted by molar-refractivity contribution is -0.137. The van der Waals surface area contributed by atoms with Gasteiger partial charge in [-0.05, 0) is 30.3 Å². The molecule has 21 heavy (non-hydrogen) atoms. The van der Waals surface area contributed by atoms with Crippen LogP contribution in [0.3, 0.4) is 0 Å². The topological polar surface area (TPSA) is 77.3 Å². The van der Waals surface area contributed by atoms with Gasteiger partial charge in [0.2, 0.25) is 0 Å². The van der Waals surface area contributed by atoms with Crippen molar-refractivity contribution in [2.24, 2.45) is 10.7 Å². The van der Waals surface area contributed by atoms with E-state index < -0.39 is 16.8 Å². The van der Waals surface area contributed by atoms with Crippen molar-refractivity contribution in [3.05, 3.63) is 52.8 Å². The molecule has 2 aromatic rings. The molecule has 0 aliphatic heterocycles. The van der Waals surface area contributed by atoms with Gasteiger partial charge in [-0.15, -0.1) is 0 Å². The Morgan fingerprint density at radius 1 is 1.24 bits per heavy atom. The van der Waals surface area contributed by atoms with Gasteiger partial charge in [-0.3, -0.25) is 4.98 Å². The first kappa shape index (κ1) is 15.1. The SMILES string of the molecule is NC(=Nc1ccc(C(F)(F)F)c(Cl)c1)c1ncccc1N. The van der Waals surface area contributed by atoms with Gasteiger partial charge in [-0.1, -0.05) is 11.6 Å². The normalized spacial score (nSPS) is 12.5. The van der Waals surface area contributed by atoms with Crippen molar-refractivity contribution in [1.82, 2.24) is 4.98 Å². The number of aromatic nitrogens is 1. The zero-order chi connectivity index (χ0) is 15.6. The third kappa shape index (κ3) is 3.43. The number of halogens is 4. The van der Waals surface area contributed by atoms with Gasteiger partial charge in [0.05, 0.1) is 22.0 Å². The number of hydrogen-bond acceptors (Lipinski definition) is 3. The molecule has 0 atom stereocenters. The fourth-order valence-corrected chi connectivity index (χ4v) is 1.91. The molecule has 0 amide bonds. The lowest BCUT2D eigenvalue weighted by Crippen LogP contribution is -2.16. The second kappa shape index (κ2) is 5.61. The van der Waals surface area contributed by atoms with Gasteiger partial charge in [0.1, 0.15) is 5.69 Å². The molecule has 0 saturated carbocycles. The summed E-state index contributed by atoms with van der Waals surface area (Å²) in [5.74, 6) is -0.0103. The zero-order valence-corrected chi connectivity index (χ0v) is 11.3. The minimum absolute atomic E-state index is 0.0103. The van der Waals surface area contributed by atoms with E-state index in [1.54, 1.807) is 12.1 Å². The van der Waals surface area contributed by atoms with Crippen molar-refractivity contribution in [3.63, 3.8) is 0 Å². The highest BCUT2D eigenvalue weighted by Gasteiger charge is 2.33. The molecule has 1 aromatic carbocycles. The summed E-state index contributed by atoms with van der Waals surface area (Å²) < 4.78 is 37.8. The lowest BCUT2D eigenvalue weighted by Gasteiger charge is -2.09. The molecule has 2 rings (SSSR count). The third-order valence-electron chi connectivity index (χ3n) is 2.59. The van der Waals surface area contributed by atoms with Gasteiger partial charge in [0, 0.05) is 6.20 Å². The highest BCUT2D eigenvalue weighted by atomic mass is 35.5. The molecule has 4 nitrogen and oxygen atoms in total. The molecule has 110 valence electrons. The summed E-state index contributed by atoms with van der Waals surface area (Å²) in [6.07, 6.45) is -3.04. The molecular formula is C13H10ClF3N4. The average Bonchev–Trinajstić information content (AvgIpc) is 2.37. The summed E-state index contributed by atoms with van der Waals surface area (Å²) >= 11 is 5.60. The number of pyridine rings is 1. The summed E-state index contributed by atoms with van der Waals surface area (Å²) in [4.78, 5) is 7.93. The number of rotatable bonds is 2. The molecule has 0 fully saturated rings. The van der Waals surface area contributed by atoms with Crippen molar-refractivity contribution in [2.75, 3.05) is 5.73 Å². The Morgan fingerprint density at radius 2 is 1.95 bits per heavy atom. The van der Waals surface area contributed by atoms with Crippen molar-refractivity contribution in [1.29, 1.82) is 0 Å². The lowest BCUT2D eigenvalue weighted by atomic mass is 10.2. The molecule has 8 heteroatoms. The number of nitrogens with two attached hydrogens (primary N) is 2. The van der Waals surface area contributed by atoms with E-state index in [2.05, 4.69) is 9.98 Å². The van der Waals surface area contributed by atoms with Crippen molar-refractivity contribution < 1.29 is 13.2 Å². The number of nitrogen functional groups attached to an aromatic ring is 1. The van der Waals surface area contributed by atoms with Crippen molar-refractivity contribution >= 4 is 28.8 Å². The van der Waals surface area contributed by atoms with Crippen LogP contribution in [0.5, 0.6) is 0 Å². The van der Waals surface area contributed by atoms with Crippen molar-refractivity contribution in [2.45, 2.75) is 6.18 Å². The van der Waals surface area contributed by atoms with E-state index >= 15 is 0 Å². The molecule has 1 heterocycles. The summed E-state index contributed by atoms with van der Waals surface area (Å²) in [5.41, 5.74) is 11.3. The maximum atomic E-state index is 12.6. The van der Waals surface area contributed by atoms with Crippen LogP contribution in [0, 0.1) is 0 Å². The standard InChI is InChI=1S/C13H10ClF3N4/c14-9-6-7(3-4-8(9)13(15,16)17)21-12(19)11-10(18)2-1-5-20-11/h1-6H,18H2,(H2,19,21). The van der Waals surface area contributed by atoms with Gasteiger partial charge in [-0.2, -0.15) is 13.2 Å². The van der Waals surface area contributed by atoms with E-state index in [9.17, 15) is 13.2 Å². The largest absolute Gasteiger partial charge is 0.417 e. The van der Waals surface area contributed by atoms with Crippen LogP contribution in [0.15, 0.2) is 41.5 Å². The van der Waals surface area contributed by atoms with Crippen LogP contribution in [0.1, 0.15) is 11.3 Å². The zero-order valence-electron chi connectivity index (χ0n) is 10.5. The number of nitrogens with zero attached hydrogens (tertiary/aromatic N) is 2. The number of alkyl halides is 3. The summed E-state index contributed by atoms with van der Waals surface area (Å²) in [5, 5.41) is -0.453. The summed E-state index contributed by atoms with van der Waals surface area (Å²) in [6.45, 7) is 0. The monoisotopic (exact) mass is 314 g/mol. The smallest absolute Gasteiger partial charge is 0.397 e. The van der Waals surface area contributed by atoms with Gasteiger partial charge in [0.25, 0.3) is 0 Å². The molecule has 0 spiro atoms. The fourth-order valence-electron chi connectivity index (χ4n) is 1.63. The predicted octanol–water partition coefficient (Wildman–Crippen LogP) is 3.37. The Balaban J connectivity index is 2.38. The molecule has 0 aliphatic rings. The van der Waals surface area contributed by atoms with E-state index in [1.807, 2.05) is 0 Å². The van der Waals surface area contributed by atoms with Gasteiger partial charge >= 0.3 is 6.18 Å².